The van der Waals surface area contributed by atoms with Crippen molar-refractivity contribution in [2.45, 2.75) is 49.1 Å². The quantitative estimate of drug-likeness (QED) is 0.268. The Morgan fingerprint density at radius 1 is 0.971 bits per heavy atom. The van der Waals surface area contributed by atoms with Gasteiger partial charge in [-0.05, 0) is 68.3 Å². The van der Waals surface area contributed by atoms with Gasteiger partial charge in [-0.3, -0.25) is 14.2 Å². The van der Waals surface area contributed by atoms with Crippen LogP contribution in [0.15, 0.2) is 88.8 Å². The summed E-state index contributed by atoms with van der Waals surface area (Å²) in [4.78, 5) is 31.2. The number of hydrogen-bond acceptors (Lipinski definition) is 5. The molecule has 0 bridgehead atoms. The minimum absolute atomic E-state index is 0.0255. The van der Waals surface area contributed by atoms with Gasteiger partial charge in [0, 0.05) is 6.04 Å². The summed E-state index contributed by atoms with van der Waals surface area (Å²) in [6.45, 7) is 1.86. The molecule has 0 radical (unpaired) electrons. The van der Waals surface area contributed by atoms with Gasteiger partial charge < -0.3 is 10.1 Å². The summed E-state index contributed by atoms with van der Waals surface area (Å²) in [5.74, 6) is 1.38. The lowest BCUT2D eigenvalue weighted by atomic mass is 10.2. The number of hydrogen-bond donors (Lipinski definition) is 1. The largest absolute Gasteiger partial charge is 0.457 e. The van der Waals surface area contributed by atoms with Crippen molar-refractivity contribution in [3.63, 3.8) is 0 Å². The molecule has 1 aliphatic carbocycles. The normalized spacial score (nSPS) is 14.7. The van der Waals surface area contributed by atoms with Crippen molar-refractivity contribution in [3.05, 3.63) is 89.2 Å². The van der Waals surface area contributed by atoms with E-state index >= 15 is 0 Å². The van der Waals surface area contributed by atoms with Gasteiger partial charge in [-0.2, -0.15) is 0 Å². The third kappa shape index (κ3) is 5.25. The first-order valence-corrected chi connectivity index (χ1v) is 12.8. The van der Waals surface area contributed by atoms with Crippen molar-refractivity contribution in [1.82, 2.24) is 14.9 Å². The molecular weight excluding hydrogens is 458 g/mol. The van der Waals surface area contributed by atoms with Gasteiger partial charge in [0.1, 0.15) is 11.5 Å². The van der Waals surface area contributed by atoms with Crippen LogP contribution in [0.4, 0.5) is 0 Å². The van der Waals surface area contributed by atoms with Gasteiger partial charge in [0.05, 0.1) is 21.8 Å². The van der Waals surface area contributed by atoms with Crippen LogP contribution in [0.25, 0.3) is 16.6 Å². The van der Waals surface area contributed by atoms with Gasteiger partial charge in [-0.25, -0.2) is 4.98 Å². The van der Waals surface area contributed by atoms with E-state index in [1.807, 2.05) is 79.7 Å². The van der Waals surface area contributed by atoms with Crippen LogP contribution in [0.2, 0.25) is 0 Å². The molecule has 1 amide bonds. The molecule has 5 rings (SSSR count). The maximum atomic E-state index is 13.5. The Kier molecular flexibility index (Phi) is 6.86. The van der Waals surface area contributed by atoms with Crippen LogP contribution in [0.3, 0.4) is 0 Å². The Bertz CT molecular complexity index is 1380. The molecule has 1 atom stereocenters. The third-order valence-electron chi connectivity index (χ3n) is 6.17. The van der Waals surface area contributed by atoms with E-state index in [4.69, 9.17) is 9.72 Å². The Balaban J connectivity index is 1.46. The summed E-state index contributed by atoms with van der Waals surface area (Å²) in [5.41, 5.74) is 1.11. The molecule has 1 unspecified atom stereocenters. The van der Waals surface area contributed by atoms with Crippen LogP contribution >= 0.6 is 11.8 Å². The SMILES string of the molecule is CC(Sc1nc2ccccc2c(=O)n1-c1ccc(Oc2ccccc2)cc1)C(=O)NC1CCCC1. The number of rotatable bonds is 7. The molecule has 4 aromatic rings. The van der Waals surface area contributed by atoms with Gasteiger partial charge in [0.2, 0.25) is 5.91 Å². The molecule has 0 spiro atoms. The molecule has 1 heterocycles. The van der Waals surface area contributed by atoms with Crippen molar-refractivity contribution in [1.29, 1.82) is 0 Å². The number of aromatic nitrogens is 2. The van der Waals surface area contributed by atoms with Crippen LogP contribution in [0, 0.1) is 0 Å². The topological polar surface area (TPSA) is 73.2 Å². The number of nitrogens with one attached hydrogen (secondary N) is 1. The lowest BCUT2D eigenvalue weighted by Crippen LogP contribution is -2.38. The van der Waals surface area contributed by atoms with Crippen LogP contribution in [0.1, 0.15) is 32.6 Å². The van der Waals surface area contributed by atoms with Gasteiger partial charge in [-0.1, -0.05) is 54.9 Å². The lowest BCUT2D eigenvalue weighted by Gasteiger charge is -2.18. The van der Waals surface area contributed by atoms with E-state index in [9.17, 15) is 9.59 Å². The molecule has 3 aromatic carbocycles. The number of amides is 1. The summed E-state index contributed by atoms with van der Waals surface area (Å²) < 4.78 is 7.48. The van der Waals surface area contributed by atoms with Crippen molar-refractivity contribution in [3.8, 4) is 17.2 Å². The fourth-order valence-electron chi connectivity index (χ4n) is 4.31. The highest BCUT2D eigenvalue weighted by Gasteiger charge is 2.24. The zero-order valence-electron chi connectivity index (χ0n) is 19.5. The van der Waals surface area contributed by atoms with E-state index in [0.717, 1.165) is 31.4 Å². The maximum Gasteiger partial charge on any atom is 0.266 e. The molecule has 35 heavy (non-hydrogen) atoms. The molecule has 1 saturated carbocycles. The molecule has 1 aromatic heterocycles. The fraction of sp³-hybridized carbons (Fsp3) is 0.250. The summed E-state index contributed by atoms with van der Waals surface area (Å²) in [7, 11) is 0. The lowest BCUT2D eigenvalue weighted by molar-refractivity contribution is -0.120. The zero-order valence-corrected chi connectivity index (χ0v) is 20.3. The van der Waals surface area contributed by atoms with Crippen molar-refractivity contribution in [2.75, 3.05) is 0 Å². The second-order valence-corrected chi connectivity index (χ2v) is 10.0. The minimum Gasteiger partial charge on any atom is -0.457 e. The number of carbonyl (C=O) groups is 1. The summed E-state index contributed by atoms with van der Waals surface area (Å²) in [5, 5.41) is 3.77. The first-order chi connectivity index (χ1) is 17.1. The molecule has 0 aliphatic heterocycles. The van der Waals surface area contributed by atoms with Gasteiger partial charge in [0.15, 0.2) is 5.16 Å². The molecule has 1 fully saturated rings. The summed E-state index contributed by atoms with van der Waals surface area (Å²) >= 11 is 1.30. The molecule has 0 saturated heterocycles. The second kappa shape index (κ2) is 10.4. The van der Waals surface area contributed by atoms with Crippen LogP contribution in [-0.2, 0) is 4.79 Å². The van der Waals surface area contributed by atoms with E-state index in [0.29, 0.717) is 27.5 Å². The van der Waals surface area contributed by atoms with Crippen LogP contribution in [-0.4, -0.2) is 26.8 Å². The number of nitrogens with zero attached hydrogens (tertiary/aromatic N) is 2. The number of para-hydroxylation sites is 2. The van der Waals surface area contributed by atoms with Gasteiger partial charge in [0.25, 0.3) is 5.56 Å². The Hall–Kier alpha value is -3.58. The number of thioether (sulfide) groups is 1. The second-order valence-electron chi connectivity index (χ2n) is 8.71. The number of benzene rings is 3. The maximum absolute atomic E-state index is 13.5. The molecular formula is C28H27N3O3S. The summed E-state index contributed by atoms with van der Waals surface area (Å²) in [6, 6.07) is 24.4. The van der Waals surface area contributed by atoms with Gasteiger partial charge >= 0.3 is 0 Å². The van der Waals surface area contributed by atoms with Crippen molar-refractivity contribution in [2.24, 2.45) is 0 Å². The predicted octanol–water partition coefficient (Wildman–Crippen LogP) is 5.72. The van der Waals surface area contributed by atoms with E-state index in [1.54, 1.807) is 10.6 Å². The number of ether oxygens (including phenoxy) is 1. The average molecular weight is 486 g/mol. The highest BCUT2D eigenvalue weighted by Crippen LogP contribution is 2.28. The van der Waals surface area contributed by atoms with E-state index in [-0.39, 0.29) is 17.5 Å². The van der Waals surface area contributed by atoms with E-state index < -0.39 is 5.25 Å². The fourth-order valence-corrected chi connectivity index (χ4v) is 5.24. The highest BCUT2D eigenvalue weighted by molar-refractivity contribution is 8.00. The zero-order chi connectivity index (χ0) is 24.2. The number of carbonyl (C=O) groups excluding carboxylic acids is 1. The average Bonchev–Trinajstić information content (AvgIpc) is 3.39. The Labute approximate surface area is 208 Å². The monoisotopic (exact) mass is 485 g/mol. The van der Waals surface area contributed by atoms with Crippen molar-refractivity contribution < 1.29 is 9.53 Å². The highest BCUT2D eigenvalue weighted by atomic mass is 32.2. The molecule has 178 valence electrons. The molecule has 7 heteroatoms. The minimum atomic E-state index is -0.393. The van der Waals surface area contributed by atoms with Crippen molar-refractivity contribution >= 4 is 28.6 Å². The van der Waals surface area contributed by atoms with Gasteiger partial charge in [-0.15, -0.1) is 0 Å². The third-order valence-corrected chi connectivity index (χ3v) is 7.22. The molecule has 1 aliphatic rings. The smallest absolute Gasteiger partial charge is 0.266 e. The first kappa shape index (κ1) is 23.2. The van der Waals surface area contributed by atoms with Crippen LogP contribution < -0.4 is 15.6 Å². The standard InChI is InChI=1S/C28H27N3O3S/c1-19(26(32)29-20-9-5-6-10-20)35-28-30-25-14-8-7-13-24(25)27(33)31(28)21-15-17-23(18-16-21)34-22-11-3-2-4-12-22/h2-4,7-8,11-20H,5-6,9-10H2,1H3,(H,29,32). The van der Waals surface area contributed by atoms with E-state index in [1.165, 1.54) is 11.8 Å². The number of fused-ring (bicyclic) bond motifs is 1. The first-order valence-electron chi connectivity index (χ1n) is 11.9. The molecule has 6 nitrogen and oxygen atoms in total. The Morgan fingerprint density at radius 3 is 2.37 bits per heavy atom. The molecule has 1 N–H and O–H groups in total. The Morgan fingerprint density at radius 2 is 1.63 bits per heavy atom. The summed E-state index contributed by atoms with van der Waals surface area (Å²) in [6.07, 6.45) is 4.36. The predicted molar refractivity (Wildman–Crippen MR) is 140 cm³/mol. The van der Waals surface area contributed by atoms with Crippen LogP contribution in [0.5, 0.6) is 11.5 Å². The van der Waals surface area contributed by atoms with E-state index in [2.05, 4.69) is 5.32 Å².